The Morgan fingerprint density at radius 2 is 1.68 bits per heavy atom. The molecule has 0 unspecified atom stereocenters. The maximum absolute atomic E-state index is 13.0. The highest BCUT2D eigenvalue weighted by atomic mass is 32.2. The zero-order valence-electron chi connectivity index (χ0n) is 15.9. The fraction of sp³-hybridized carbons (Fsp3) is 0.556. The molecule has 28 heavy (non-hydrogen) atoms. The number of carbonyl (C=O) groups excluding carboxylic acids is 2. The van der Waals surface area contributed by atoms with Crippen molar-refractivity contribution in [1.29, 1.82) is 0 Å². The van der Waals surface area contributed by atoms with E-state index in [0.29, 0.717) is 32.8 Å². The van der Waals surface area contributed by atoms with E-state index in [2.05, 4.69) is 0 Å². The lowest BCUT2D eigenvalue weighted by molar-refractivity contribution is -0.134. The number of hydrogen-bond acceptors (Lipinski definition) is 7. The van der Waals surface area contributed by atoms with Gasteiger partial charge in [0.25, 0.3) is 0 Å². The molecule has 0 spiro atoms. The van der Waals surface area contributed by atoms with Gasteiger partial charge in [-0.15, -0.1) is 0 Å². The molecule has 0 radical (unpaired) electrons. The first-order valence-electron chi connectivity index (χ1n) is 9.19. The number of methoxy groups -OCH3 is 1. The van der Waals surface area contributed by atoms with Crippen LogP contribution in [-0.4, -0.2) is 101 Å². The first-order valence-corrected chi connectivity index (χ1v) is 10.6. The van der Waals surface area contributed by atoms with Crippen LogP contribution in [0.1, 0.15) is 10.4 Å². The number of sulfonamides is 1. The van der Waals surface area contributed by atoms with E-state index in [1.54, 1.807) is 17.0 Å². The van der Waals surface area contributed by atoms with Gasteiger partial charge in [-0.25, -0.2) is 13.2 Å². The highest BCUT2D eigenvalue weighted by Gasteiger charge is 2.33. The first-order chi connectivity index (χ1) is 13.4. The molecule has 1 aromatic rings. The van der Waals surface area contributed by atoms with E-state index in [-0.39, 0.29) is 29.5 Å². The molecule has 0 atom stereocenters. The third kappa shape index (κ3) is 4.52. The van der Waals surface area contributed by atoms with Gasteiger partial charge in [-0.3, -0.25) is 9.69 Å². The van der Waals surface area contributed by atoms with Crippen molar-refractivity contribution in [3.05, 3.63) is 29.8 Å². The minimum Gasteiger partial charge on any atom is -0.465 e. The lowest BCUT2D eigenvalue weighted by Gasteiger charge is -2.35. The quantitative estimate of drug-likeness (QED) is 0.611. The maximum atomic E-state index is 13.0. The zero-order valence-corrected chi connectivity index (χ0v) is 16.7. The van der Waals surface area contributed by atoms with Crippen molar-refractivity contribution in [3.63, 3.8) is 0 Å². The number of amides is 1. The predicted octanol–water partition coefficient (Wildman–Crippen LogP) is -0.362. The maximum Gasteiger partial charge on any atom is 0.339 e. The number of ether oxygens (including phenoxy) is 2. The summed E-state index contributed by atoms with van der Waals surface area (Å²) in [6, 6.07) is 5.99. The van der Waals surface area contributed by atoms with E-state index in [4.69, 9.17) is 9.47 Å². The average molecular weight is 411 g/mol. The van der Waals surface area contributed by atoms with E-state index in [0.717, 1.165) is 13.1 Å². The van der Waals surface area contributed by atoms with Gasteiger partial charge in [0.05, 0.1) is 37.3 Å². The summed E-state index contributed by atoms with van der Waals surface area (Å²) in [7, 11) is -2.64. The summed E-state index contributed by atoms with van der Waals surface area (Å²) < 4.78 is 37.3. The van der Waals surface area contributed by atoms with Crippen molar-refractivity contribution in [3.8, 4) is 0 Å². The number of morpholine rings is 1. The second-order valence-corrected chi connectivity index (χ2v) is 8.57. The minimum absolute atomic E-state index is 0.00564. The molecule has 2 saturated heterocycles. The van der Waals surface area contributed by atoms with E-state index in [9.17, 15) is 18.0 Å². The van der Waals surface area contributed by atoms with Crippen LogP contribution in [0.25, 0.3) is 0 Å². The van der Waals surface area contributed by atoms with Crippen LogP contribution in [-0.2, 0) is 24.3 Å². The number of piperazine rings is 1. The molecule has 2 heterocycles. The Morgan fingerprint density at radius 1 is 1.04 bits per heavy atom. The molecule has 0 bridgehead atoms. The van der Waals surface area contributed by atoms with Gasteiger partial charge in [-0.1, -0.05) is 12.1 Å². The molecule has 2 aliphatic heterocycles. The molecule has 1 amide bonds. The van der Waals surface area contributed by atoms with Crippen molar-refractivity contribution in [1.82, 2.24) is 14.1 Å². The van der Waals surface area contributed by atoms with Crippen molar-refractivity contribution in [2.75, 3.05) is 66.1 Å². The Balaban J connectivity index is 1.64. The van der Waals surface area contributed by atoms with Gasteiger partial charge >= 0.3 is 5.97 Å². The third-order valence-electron chi connectivity index (χ3n) is 4.96. The molecule has 2 fully saturated rings. The van der Waals surface area contributed by atoms with Crippen LogP contribution in [0.2, 0.25) is 0 Å². The molecular weight excluding hydrogens is 386 g/mol. The highest BCUT2D eigenvalue weighted by Crippen LogP contribution is 2.22. The molecular formula is C18H25N3O6S. The normalized spacial score (nSPS) is 19.4. The van der Waals surface area contributed by atoms with Crippen molar-refractivity contribution in [2.24, 2.45) is 0 Å². The lowest BCUT2D eigenvalue weighted by Crippen LogP contribution is -2.53. The number of hydrogen-bond donors (Lipinski definition) is 0. The Bertz CT molecular complexity index is 814. The second-order valence-electron chi connectivity index (χ2n) is 6.66. The topological polar surface area (TPSA) is 96.5 Å². The SMILES string of the molecule is COC(=O)c1ccccc1S(=O)(=O)N1CCN(C(=O)CN2CCOCC2)CC1. The van der Waals surface area contributed by atoms with Gasteiger partial charge in [-0.2, -0.15) is 4.31 Å². The Kier molecular flexibility index (Phi) is 6.65. The van der Waals surface area contributed by atoms with Gasteiger partial charge in [0.15, 0.2) is 0 Å². The first kappa shape index (κ1) is 20.7. The molecule has 1 aromatic carbocycles. The lowest BCUT2D eigenvalue weighted by atomic mass is 10.2. The summed E-state index contributed by atoms with van der Waals surface area (Å²) in [5, 5.41) is 0. The second kappa shape index (κ2) is 8.99. The smallest absolute Gasteiger partial charge is 0.339 e. The highest BCUT2D eigenvalue weighted by molar-refractivity contribution is 7.89. The van der Waals surface area contributed by atoms with Crippen molar-refractivity contribution in [2.45, 2.75) is 4.90 Å². The fourth-order valence-electron chi connectivity index (χ4n) is 3.34. The van der Waals surface area contributed by atoms with Gasteiger partial charge < -0.3 is 14.4 Å². The number of nitrogens with zero attached hydrogens (tertiary/aromatic N) is 3. The molecule has 9 nitrogen and oxygen atoms in total. The number of esters is 1. The largest absolute Gasteiger partial charge is 0.465 e. The average Bonchev–Trinajstić information content (AvgIpc) is 2.74. The van der Waals surface area contributed by atoms with E-state index in [1.807, 2.05) is 4.90 Å². The summed E-state index contributed by atoms with van der Waals surface area (Å²) >= 11 is 0. The van der Waals surface area contributed by atoms with E-state index < -0.39 is 16.0 Å². The molecule has 10 heteroatoms. The fourth-order valence-corrected chi connectivity index (χ4v) is 4.94. The summed E-state index contributed by atoms with van der Waals surface area (Å²) in [5.74, 6) is -0.701. The zero-order chi connectivity index (χ0) is 20.1. The van der Waals surface area contributed by atoms with Gasteiger partial charge in [0, 0.05) is 39.3 Å². The molecule has 154 valence electrons. The molecule has 0 aromatic heterocycles. The van der Waals surface area contributed by atoms with Crippen LogP contribution in [0.5, 0.6) is 0 Å². The summed E-state index contributed by atoms with van der Waals surface area (Å²) in [4.78, 5) is 28.1. The van der Waals surface area contributed by atoms with Crippen LogP contribution < -0.4 is 0 Å². The standard InChI is InChI=1S/C18H25N3O6S/c1-26-18(23)15-4-2-3-5-16(15)28(24,25)21-8-6-20(7-9-21)17(22)14-19-10-12-27-13-11-19/h2-5H,6-14H2,1H3. The molecule has 0 N–H and O–H groups in total. The van der Waals surface area contributed by atoms with Crippen LogP contribution >= 0.6 is 0 Å². The predicted molar refractivity (Wildman–Crippen MR) is 100 cm³/mol. The van der Waals surface area contributed by atoms with Crippen LogP contribution in [0.4, 0.5) is 0 Å². The van der Waals surface area contributed by atoms with Gasteiger partial charge in [0.1, 0.15) is 0 Å². The number of carbonyl (C=O) groups is 2. The van der Waals surface area contributed by atoms with Gasteiger partial charge in [0.2, 0.25) is 15.9 Å². The third-order valence-corrected chi connectivity index (χ3v) is 6.92. The van der Waals surface area contributed by atoms with Crippen molar-refractivity contribution >= 4 is 21.9 Å². The molecule has 2 aliphatic rings. The van der Waals surface area contributed by atoms with Crippen molar-refractivity contribution < 1.29 is 27.5 Å². The minimum atomic E-state index is -3.86. The van der Waals surface area contributed by atoms with Crippen LogP contribution in [0, 0.1) is 0 Å². The monoisotopic (exact) mass is 411 g/mol. The Morgan fingerprint density at radius 3 is 2.32 bits per heavy atom. The number of rotatable bonds is 5. The van der Waals surface area contributed by atoms with E-state index >= 15 is 0 Å². The Labute approximate surface area is 164 Å². The Hall–Kier alpha value is -2.01. The van der Waals surface area contributed by atoms with Gasteiger partial charge in [-0.05, 0) is 12.1 Å². The number of benzene rings is 1. The summed E-state index contributed by atoms with van der Waals surface area (Å²) in [5.41, 5.74) is 0.0100. The van der Waals surface area contributed by atoms with Crippen LogP contribution in [0.3, 0.4) is 0 Å². The summed E-state index contributed by atoms with van der Waals surface area (Å²) in [6.45, 7) is 4.04. The molecule has 0 saturated carbocycles. The summed E-state index contributed by atoms with van der Waals surface area (Å²) in [6.07, 6.45) is 0. The molecule has 3 rings (SSSR count). The van der Waals surface area contributed by atoms with Crippen LogP contribution in [0.15, 0.2) is 29.2 Å². The van der Waals surface area contributed by atoms with E-state index in [1.165, 1.54) is 23.5 Å². The molecule has 0 aliphatic carbocycles.